The number of nitrogens with zero attached hydrogens (tertiary/aromatic N) is 1. The summed E-state index contributed by atoms with van der Waals surface area (Å²) in [5, 5.41) is 6.20. The van der Waals surface area contributed by atoms with Gasteiger partial charge in [-0.3, -0.25) is 9.79 Å². The van der Waals surface area contributed by atoms with E-state index in [2.05, 4.69) is 36.1 Å². The minimum atomic E-state index is -1.34. The molecule has 5 nitrogen and oxygen atoms in total. The van der Waals surface area contributed by atoms with Gasteiger partial charge in [0, 0.05) is 30.2 Å². The third kappa shape index (κ3) is 8.60. The van der Waals surface area contributed by atoms with E-state index >= 15 is 0 Å². The molecule has 1 heterocycles. The number of alkyl halides is 1. The molecule has 4 N–H and O–H groups in total. The number of carbonyl (C=O) groups excluding carboxylic acids is 1. The van der Waals surface area contributed by atoms with Gasteiger partial charge in [0.15, 0.2) is 0 Å². The lowest BCUT2D eigenvalue weighted by Gasteiger charge is -2.24. The van der Waals surface area contributed by atoms with Crippen LogP contribution in [0.1, 0.15) is 41.0 Å². The van der Waals surface area contributed by atoms with Crippen LogP contribution in [0.25, 0.3) is 0 Å². The van der Waals surface area contributed by atoms with Crippen LogP contribution < -0.4 is 16.4 Å². The van der Waals surface area contributed by atoms with Gasteiger partial charge in [-0.1, -0.05) is 20.4 Å². The van der Waals surface area contributed by atoms with Crippen LogP contribution in [-0.4, -0.2) is 37.3 Å². The number of hydrogen-bond acceptors (Lipinski definition) is 5. The fourth-order valence-electron chi connectivity index (χ4n) is 2.64. The number of hydrogen-bond donors (Lipinski definition) is 3. The Morgan fingerprint density at radius 3 is 2.79 bits per heavy atom. The van der Waals surface area contributed by atoms with Crippen LogP contribution in [0.4, 0.5) is 4.39 Å². The zero-order valence-electron chi connectivity index (χ0n) is 18.3. The topological polar surface area (TPSA) is 79.5 Å². The standard InChI is InChI=1S/C23H35FN4O/c1-7-17(3)18(4)22-20(21(25)8-9-28-22)13-26-11-19(10-16(2)14-29)12-27-15-23(5,6)24/h8-10,12-14,17,21,27-28H,4,7,11,15,25H2,1-3,5-6H3. The molecule has 0 spiro atoms. The lowest BCUT2D eigenvalue weighted by Crippen LogP contribution is -2.31. The first kappa shape index (κ1) is 24.6. The Kier molecular flexibility index (Phi) is 9.75. The molecule has 2 atom stereocenters. The maximum Gasteiger partial charge on any atom is 0.145 e. The summed E-state index contributed by atoms with van der Waals surface area (Å²) in [7, 11) is 0. The normalized spacial score (nSPS) is 19.3. The van der Waals surface area contributed by atoms with Crippen molar-refractivity contribution >= 4 is 12.5 Å². The zero-order chi connectivity index (χ0) is 22.0. The van der Waals surface area contributed by atoms with Crippen molar-refractivity contribution < 1.29 is 9.18 Å². The third-order valence-corrected chi connectivity index (χ3v) is 4.62. The first-order chi connectivity index (χ1) is 13.6. The summed E-state index contributed by atoms with van der Waals surface area (Å²) >= 11 is 0. The minimum absolute atomic E-state index is 0.164. The van der Waals surface area contributed by atoms with E-state index in [9.17, 15) is 9.18 Å². The Balaban J connectivity index is 3.05. The molecule has 0 saturated heterocycles. The fraction of sp³-hybridized carbons (Fsp3) is 0.478. The molecule has 2 unspecified atom stereocenters. The first-order valence-electron chi connectivity index (χ1n) is 9.95. The van der Waals surface area contributed by atoms with Crippen LogP contribution in [0, 0.1) is 5.92 Å². The number of aliphatic imine (C=N–C) groups is 1. The van der Waals surface area contributed by atoms with Gasteiger partial charge in [0.05, 0.1) is 12.6 Å². The second-order valence-corrected chi connectivity index (χ2v) is 7.99. The van der Waals surface area contributed by atoms with Gasteiger partial charge >= 0.3 is 0 Å². The highest BCUT2D eigenvalue weighted by Gasteiger charge is 2.19. The van der Waals surface area contributed by atoms with Gasteiger partial charge in [-0.05, 0) is 68.2 Å². The predicted molar refractivity (Wildman–Crippen MR) is 120 cm³/mol. The maximum atomic E-state index is 13.7. The van der Waals surface area contributed by atoms with Crippen LogP contribution in [-0.2, 0) is 4.79 Å². The van der Waals surface area contributed by atoms with Crippen LogP contribution in [0.3, 0.4) is 0 Å². The summed E-state index contributed by atoms with van der Waals surface area (Å²) in [5.74, 6) is 0.321. The summed E-state index contributed by atoms with van der Waals surface area (Å²) in [4.78, 5) is 15.5. The Bertz CT molecular complexity index is 738. The fourth-order valence-corrected chi connectivity index (χ4v) is 2.64. The van der Waals surface area contributed by atoms with Crippen molar-refractivity contribution in [3.05, 3.63) is 59.1 Å². The average molecular weight is 403 g/mol. The van der Waals surface area contributed by atoms with E-state index in [1.807, 2.05) is 12.3 Å². The second kappa shape index (κ2) is 11.5. The molecule has 0 saturated carbocycles. The lowest BCUT2D eigenvalue weighted by atomic mass is 9.91. The van der Waals surface area contributed by atoms with E-state index in [1.165, 1.54) is 13.8 Å². The molecule has 0 aromatic carbocycles. The number of aldehydes is 1. The number of nitrogens with two attached hydrogens (primary N) is 1. The molecular weight excluding hydrogens is 367 g/mol. The van der Waals surface area contributed by atoms with Gasteiger partial charge < -0.3 is 16.4 Å². The molecule has 29 heavy (non-hydrogen) atoms. The highest BCUT2D eigenvalue weighted by atomic mass is 19.1. The number of halogens is 1. The van der Waals surface area contributed by atoms with Gasteiger partial charge in [-0.2, -0.15) is 0 Å². The van der Waals surface area contributed by atoms with Crippen molar-refractivity contribution in [3.63, 3.8) is 0 Å². The Morgan fingerprint density at radius 1 is 1.52 bits per heavy atom. The van der Waals surface area contributed by atoms with Gasteiger partial charge in [0.1, 0.15) is 12.0 Å². The number of allylic oxidation sites excluding steroid dienone is 2. The number of rotatable bonds is 11. The average Bonchev–Trinajstić information content (AvgIpc) is 2.66. The molecule has 0 aromatic heterocycles. The quantitative estimate of drug-likeness (QED) is 0.213. The molecule has 1 aliphatic rings. The zero-order valence-corrected chi connectivity index (χ0v) is 18.3. The van der Waals surface area contributed by atoms with Crippen molar-refractivity contribution in [1.82, 2.24) is 10.6 Å². The van der Waals surface area contributed by atoms with Gasteiger partial charge in [-0.15, -0.1) is 0 Å². The summed E-state index contributed by atoms with van der Waals surface area (Å²) in [6.07, 6.45) is 10.6. The summed E-state index contributed by atoms with van der Waals surface area (Å²) < 4.78 is 13.7. The molecule has 160 valence electrons. The Labute approximate surface area is 174 Å². The van der Waals surface area contributed by atoms with Crippen LogP contribution in [0.15, 0.2) is 64.1 Å². The summed E-state index contributed by atoms with van der Waals surface area (Å²) in [6.45, 7) is 13.7. The van der Waals surface area contributed by atoms with Crippen molar-refractivity contribution in [1.29, 1.82) is 0 Å². The van der Waals surface area contributed by atoms with Gasteiger partial charge in [0.2, 0.25) is 0 Å². The van der Waals surface area contributed by atoms with E-state index < -0.39 is 5.67 Å². The number of dihydropyridines is 1. The molecule has 6 heteroatoms. The molecule has 1 rings (SSSR count). The van der Waals surface area contributed by atoms with E-state index in [-0.39, 0.29) is 12.6 Å². The molecule has 0 aliphatic carbocycles. The summed E-state index contributed by atoms with van der Waals surface area (Å²) in [6, 6.07) is -0.277. The highest BCUT2D eigenvalue weighted by molar-refractivity contribution is 5.84. The molecule has 0 aromatic rings. The third-order valence-electron chi connectivity index (χ3n) is 4.62. The molecule has 1 aliphatic heterocycles. The molecule has 0 amide bonds. The SMILES string of the molecule is C=C(C1=C(C=NCC(C=C(C)C=O)=CNCC(C)(C)F)C(N)C=CN1)C(C)CC. The highest BCUT2D eigenvalue weighted by Crippen LogP contribution is 2.24. The maximum absolute atomic E-state index is 13.7. The van der Waals surface area contributed by atoms with Crippen molar-refractivity contribution in [2.75, 3.05) is 13.1 Å². The molecule has 0 radical (unpaired) electrons. The minimum Gasteiger partial charge on any atom is -0.387 e. The van der Waals surface area contributed by atoms with E-state index in [0.29, 0.717) is 18.0 Å². The molecular formula is C23H35FN4O. The molecule has 0 fully saturated rings. The molecule has 0 bridgehead atoms. The number of carbonyl (C=O) groups is 1. The lowest BCUT2D eigenvalue weighted by molar-refractivity contribution is -0.104. The monoisotopic (exact) mass is 402 g/mol. The van der Waals surface area contributed by atoms with Gasteiger partial charge in [-0.25, -0.2) is 4.39 Å². The number of nitrogens with one attached hydrogen (secondary N) is 2. The Hall–Kier alpha value is -2.47. The van der Waals surface area contributed by atoms with Crippen LogP contribution in [0.2, 0.25) is 0 Å². The smallest absolute Gasteiger partial charge is 0.145 e. The largest absolute Gasteiger partial charge is 0.387 e. The summed E-state index contributed by atoms with van der Waals surface area (Å²) in [5.41, 5.74) is 9.02. The predicted octanol–water partition coefficient (Wildman–Crippen LogP) is 3.72. The second-order valence-electron chi connectivity index (χ2n) is 7.99. The first-order valence-corrected chi connectivity index (χ1v) is 9.95. The Morgan fingerprint density at radius 2 is 2.21 bits per heavy atom. The van der Waals surface area contributed by atoms with E-state index in [0.717, 1.165) is 35.1 Å². The van der Waals surface area contributed by atoms with Gasteiger partial charge in [0.25, 0.3) is 0 Å². The van der Waals surface area contributed by atoms with Crippen molar-refractivity contribution in [2.24, 2.45) is 16.6 Å². The van der Waals surface area contributed by atoms with E-state index in [1.54, 1.807) is 25.4 Å². The van der Waals surface area contributed by atoms with E-state index in [4.69, 9.17) is 5.73 Å². The van der Waals surface area contributed by atoms with Crippen molar-refractivity contribution in [3.8, 4) is 0 Å². The van der Waals surface area contributed by atoms with Crippen LogP contribution in [0.5, 0.6) is 0 Å². The van der Waals surface area contributed by atoms with Crippen LogP contribution >= 0.6 is 0 Å². The van der Waals surface area contributed by atoms with Crippen molar-refractivity contribution in [2.45, 2.75) is 52.8 Å².